The largest absolute Gasteiger partial charge is 0.444 e. The smallest absolute Gasteiger partial charge is 0.410 e. The molecular weight excluding hydrogens is 300 g/mol. The number of rotatable bonds is 2. The Morgan fingerprint density at radius 2 is 1.91 bits per heavy atom. The van der Waals surface area contributed by atoms with E-state index < -0.39 is 5.60 Å². The summed E-state index contributed by atoms with van der Waals surface area (Å²) in [7, 11) is 0. The van der Waals surface area contributed by atoms with E-state index in [0.717, 1.165) is 0 Å². The number of aromatic nitrogens is 2. The van der Waals surface area contributed by atoms with Crippen LogP contribution in [-0.4, -0.2) is 64.0 Å². The first-order valence-corrected chi connectivity index (χ1v) is 7.36. The zero-order chi connectivity index (χ0) is 17.0. The van der Waals surface area contributed by atoms with Crippen LogP contribution in [0.3, 0.4) is 0 Å². The zero-order valence-electron chi connectivity index (χ0n) is 13.5. The minimum Gasteiger partial charge on any atom is -0.444 e. The molecule has 1 fully saturated rings. The monoisotopic (exact) mass is 322 g/mol. The van der Waals surface area contributed by atoms with Crippen LogP contribution in [0.4, 0.5) is 10.6 Å². The molecule has 9 heteroatoms. The van der Waals surface area contributed by atoms with E-state index in [0.29, 0.717) is 32.0 Å². The van der Waals surface area contributed by atoms with Gasteiger partial charge in [-0.15, -0.1) is 10.2 Å². The van der Waals surface area contributed by atoms with E-state index in [2.05, 4.69) is 10.2 Å². The van der Waals surface area contributed by atoms with Crippen LogP contribution < -0.4 is 10.4 Å². The Labute approximate surface area is 134 Å². The molecule has 3 N–H and O–H groups in total. The summed E-state index contributed by atoms with van der Waals surface area (Å²) >= 11 is 0. The Morgan fingerprint density at radius 1 is 1.26 bits per heavy atom. The molecule has 0 unspecified atom stereocenters. The number of nitrogens with zero attached hydrogens (tertiary/aromatic N) is 4. The van der Waals surface area contributed by atoms with Gasteiger partial charge in [0.25, 0.3) is 0 Å². The number of anilines is 1. The van der Waals surface area contributed by atoms with Gasteiger partial charge < -0.3 is 14.5 Å². The summed E-state index contributed by atoms with van der Waals surface area (Å²) in [4.78, 5) is 15.7. The molecule has 1 aromatic heterocycles. The first kappa shape index (κ1) is 16.9. The third-order valence-electron chi connectivity index (χ3n) is 3.27. The van der Waals surface area contributed by atoms with Crippen molar-refractivity contribution < 1.29 is 14.7 Å². The number of hydroxylamine groups is 1. The third-order valence-corrected chi connectivity index (χ3v) is 3.27. The quantitative estimate of drug-likeness (QED) is 0.420. The minimum absolute atomic E-state index is 0.209. The topological polar surface area (TPSA) is 115 Å². The lowest BCUT2D eigenvalue weighted by molar-refractivity contribution is 0.0240. The van der Waals surface area contributed by atoms with Crippen molar-refractivity contribution in [2.24, 2.45) is 0 Å². The number of amidine groups is 1. The van der Waals surface area contributed by atoms with Crippen molar-refractivity contribution in [3.63, 3.8) is 0 Å². The van der Waals surface area contributed by atoms with Crippen LogP contribution in [0.2, 0.25) is 0 Å². The van der Waals surface area contributed by atoms with Crippen LogP contribution in [0, 0.1) is 5.41 Å². The molecule has 0 aliphatic carbocycles. The molecule has 126 valence electrons. The summed E-state index contributed by atoms with van der Waals surface area (Å²) in [6.45, 7) is 7.88. The number of piperazine rings is 1. The number of hydrogen-bond donors (Lipinski definition) is 3. The maximum atomic E-state index is 12.0. The highest BCUT2D eigenvalue weighted by atomic mass is 16.6. The van der Waals surface area contributed by atoms with Gasteiger partial charge in [0, 0.05) is 26.2 Å². The minimum atomic E-state index is -0.499. The number of ether oxygens (including phenoxy) is 1. The van der Waals surface area contributed by atoms with Crippen molar-refractivity contribution in [1.82, 2.24) is 20.6 Å². The fraction of sp³-hybridized carbons (Fsp3) is 0.571. The molecule has 1 amide bonds. The third kappa shape index (κ3) is 4.52. The summed E-state index contributed by atoms with van der Waals surface area (Å²) in [5.41, 5.74) is 1.48. The summed E-state index contributed by atoms with van der Waals surface area (Å²) in [6.07, 6.45) is -0.305. The second-order valence-electron chi connectivity index (χ2n) is 6.22. The SMILES string of the molecule is CC(C)(C)OC(=O)N1CCN(c2ccc(C(=N)NO)nn2)CC1. The fourth-order valence-electron chi connectivity index (χ4n) is 2.13. The van der Waals surface area contributed by atoms with Crippen molar-refractivity contribution in [2.75, 3.05) is 31.1 Å². The van der Waals surface area contributed by atoms with Crippen LogP contribution >= 0.6 is 0 Å². The number of amides is 1. The molecule has 0 aromatic carbocycles. The molecule has 1 aromatic rings. The van der Waals surface area contributed by atoms with E-state index in [1.54, 1.807) is 22.5 Å². The maximum absolute atomic E-state index is 12.0. The van der Waals surface area contributed by atoms with Crippen molar-refractivity contribution in [3.8, 4) is 0 Å². The summed E-state index contributed by atoms with van der Waals surface area (Å²) < 4.78 is 5.36. The van der Waals surface area contributed by atoms with Gasteiger partial charge in [-0.2, -0.15) is 0 Å². The molecule has 1 aliphatic heterocycles. The van der Waals surface area contributed by atoms with Gasteiger partial charge in [-0.1, -0.05) is 0 Å². The molecular formula is C14H22N6O3. The van der Waals surface area contributed by atoms with Crippen molar-refractivity contribution in [2.45, 2.75) is 26.4 Å². The number of carbonyl (C=O) groups is 1. The van der Waals surface area contributed by atoms with Gasteiger partial charge in [-0.05, 0) is 32.9 Å². The highest BCUT2D eigenvalue weighted by molar-refractivity contribution is 5.93. The van der Waals surface area contributed by atoms with E-state index in [4.69, 9.17) is 15.4 Å². The van der Waals surface area contributed by atoms with Gasteiger partial charge in [-0.3, -0.25) is 16.1 Å². The summed E-state index contributed by atoms with van der Waals surface area (Å²) in [6, 6.07) is 3.34. The van der Waals surface area contributed by atoms with E-state index in [1.807, 2.05) is 25.7 Å². The lowest BCUT2D eigenvalue weighted by Gasteiger charge is -2.35. The second-order valence-corrected chi connectivity index (χ2v) is 6.22. The lowest BCUT2D eigenvalue weighted by atomic mass is 10.2. The Bertz CT molecular complexity index is 561. The molecule has 2 heterocycles. The first-order valence-electron chi connectivity index (χ1n) is 7.36. The molecule has 0 bridgehead atoms. The molecule has 1 saturated heterocycles. The van der Waals surface area contributed by atoms with Gasteiger partial charge >= 0.3 is 6.09 Å². The number of hydrogen-bond acceptors (Lipinski definition) is 7. The van der Waals surface area contributed by atoms with Gasteiger partial charge in [0.15, 0.2) is 11.7 Å². The Kier molecular flexibility index (Phi) is 4.99. The molecule has 23 heavy (non-hydrogen) atoms. The van der Waals surface area contributed by atoms with E-state index in [9.17, 15) is 4.79 Å². The van der Waals surface area contributed by atoms with Crippen LogP contribution in [0.1, 0.15) is 26.5 Å². The van der Waals surface area contributed by atoms with Crippen LogP contribution in [0.15, 0.2) is 12.1 Å². The fourth-order valence-corrected chi connectivity index (χ4v) is 2.13. The van der Waals surface area contributed by atoms with E-state index in [-0.39, 0.29) is 17.6 Å². The molecule has 2 rings (SSSR count). The maximum Gasteiger partial charge on any atom is 0.410 e. The van der Waals surface area contributed by atoms with Crippen LogP contribution in [-0.2, 0) is 4.74 Å². The average molecular weight is 322 g/mol. The summed E-state index contributed by atoms with van der Waals surface area (Å²) in [5, 5.41) is 24.0. The summed E-state index contributed by atoms with van der Waals surface area (Å²) in [5.74, 6) is 0.460. The van der Waals surface area contributed by atoms with Crippen molar-refractivity contribution in [3.05, 3.63) is 17.8 Å². The van der Waals surface area contributed by atoms with Gasteiger partial charge in [-0.25, -0.2) is 4.79 Å². The normalized spacial score (nSPS) is 15.3. The first-order chi connectivity index (χ1) is 10.8. The van der Waals surface area contributed by atoms with Crippen LogP contribution in [0.5, 0.6) is 0 Å². The Balaban J connectivity index is 1.91. The van der Waals surface area contributed by atoms with Crippen molar-refractivity contribution >= 4 is 17.7 Å². The Morgan fingerprint density at radius 3 is 2.39 bits per heavy atom. The van der Waals surface area contributed by atoms with Gasteiger partial charge in [0.2, 0.25) is 0 Å². The van der Waals surface area contributed by atoms with Gasteiger partial charge in [0.1, 0.15) is 11.3 Å². The molecule has 0 atom stereocenters. The predicted octanol–water partition coefficient (Wildman–Crippen LogP) is 0.838. The highest BCUT2D eigenvalue weighted by Gasteiger charge is 2.26. The lowest BCUT2D eigenvalue weighted by Crippen LogP contribution is -2.50. The standard InChI is InChI=1S/C14H22N6O3/c1-14(2,3)23-13(21)20-8-6-19(7-9-20)11-5-4-10(16-17-11)12(15)18-22/h4-5,22H,6-9H2,1-3H3,(H2,15,18). The zero-order valence-corrected chi connectivity index (χ0v) is 13.5. The number of carbonyl (C=O) groups excluding carboxylic acids is 1. The molecule has 1 aliphatic rings. The number of nitrogens with one attached hydrogen (secondary N) is 2. The molecule has 0 saturated carbocycles. The van der Waals surface area contributed by atoms with E-state index in [1.165, 1.54) is 0 Å². The van der Waals surface area contributed by atoms with Gasteiger partial charge in [0.05, 0.1) is 0 Å². The molecule has 0 spiro atoms. The molecule has 0 radical (unpaired) electrons. The molecule has 9 nitrogen and oxygen atoms in total. The predicted molar refractivity (Wildman–Crippen MR) is 83.8 cm³/mol. The highest BCUT2D eigenvalue weighted by Crippen LogP contribution is 2.15. The van der Waals surface area contributed by atoms with E-state index >= 15 is 0 Å². The average Bonchev–Trinajstić information content (AvgIpc) is 2.53. The Hall–Kier alpha value is -2.42. The van der Waals surface area contributed by atoms with Crippen LogP contribution in [0.25, 0.3) is 0 Å². The van der Waals surface area contributed by atoms with Crippen molar-refractivity contribution in [1.29, 1.82) is 5.41 Å². The second kappa shape index (κ2) is 6.78.